The van der Waals surface area contributed by atoms with Crippen molar-refractivity contribution < 1.29 is 14.1 Å². The number of hydrogen-bond acceptors (Lipinski definition) is 4. The summed E-state index contributed by atoms with van der Waals surface area (Å²) in [5, 5.41) is 12.8. The summed E-state index contributed by atoms with van der Waals surface area (Å²) in [6, 6.07) is 2.48. The lowest BCUT2D eigenvalue weighted by atomic mass is 10.1. The summed E-state index contributed by atoms with van der Waals surface area (Å²) in [6.07, 6.45) is 1.27. The molecule has 0 spiro atoms. The molecule has 0 aliphatic carbocycles. The smallest absolute Gasteiger partial charge is 0.304 e. The molecule has 0 fully saturated rings. The number of nitrogens with zero attached hydrogens (tertiary/aromatic N) is 1. The zero-order valence-electron chi connectivity index (χ0n) is 9.85. The highest BCUT2D eigenvalue weighted by atomic mass is 19.1. The summed E-state index contributed by atoms with van der Waals surface area (Å²) < 4.78 is 13.3. The third kappa shape index (κ3) is 3.49. The Morgan fingerprint density at radius 1 is 1.61 bits per heavy atom. The van der Waals surface area contributed by atoms with E-state index in [-0.39, 0.29) is 5.69 Å². The first-order valence-corrected chi connectivity index (χ1v) is 5.46. The molecule has 7 heteroatoms. The number of rotatable bonds is 5. The average molecular weight is 255 g/mol. The number of nitro benzene ring substituents is 1. The molecule has 1 aromatic rings. The van der Waals surface area contributed by atoms with Crippen LogP contribution in [0.25, 0.3) is 0 Å². The molecule has 0 unspecified atom stereocenters. The van der Waals surface area contributed by atoms with Gasteiger partial charge in [-0.3, -0.25) is 14.9 Å². The fourth-order valence-electron chi connectivity index (χ4n) is 1.41. The number of amides is 1. The molecule has 0 saturated carbocycles. The summed E-state index contributed by atoms with van der Waals surface area (Å²) >= 11 is 0. The van der Waals surface area contributed by atoms with Gasteiger partial charge in [-0.05, 0) is 12.5 Å². The van der Waals surface area contributed by atoms with Gasteiger partial charge in [-0.1, -0.05) is 13.3 Å². The zero-order valence-corrected chi connectivity index (χ0v) is 9.85. The van der Waals surface area contributed by atoms with E-state index < -0.39 is 28.4 Å². The van der Waals surface area contributed by atoms with Gasteiger partial charge in [0.15, 0.2) is 0 Å². The lowest BCUT2D eigenvalue weighted by molar-refractivity contribution is -0.387. The second-order valence-electron chi connectivity index (χ2n) is 3.81. The van der Waals surface area contributed by atoms with Gasteiger partial charge in [0.25, 0.3) is 0 Å². The monoisotopic (exact) mass is 255 g/mol. The molecule has 98 valence electrons. The minimum atomic E-state index is -0.998. The van der Waals surface area contributed by atoms with Gasteiger partial charge in [-0.2, -0.15) is 4.39 Å². The summed E-state index contributed by atoms with van der Waals surface area (Å²) in [5.74, 6) is -1.44. The normalized spacial score (nSPS) is 11.9. The molecule has 1 aromatic carbocycles. The van der Waals surface area contributed by atoms with Crippen LogP contribution in [0.4, 0.5) is 15.8 Å². The largest absolute Gasteiger partial charge is 0.325 e. The van der Waals surface area contributed by atoms with Gasteiger partial charge in [-0.25, -0.2) is 0 Å². The first-order chi connectivity index (χ1) is 8.45. The Morgan fingerprint density at radius 3 is 2.78 bits per heavy atom. The highest BCUT2D eigenvalue weighted by Gasteiger charge is 2.16. The van der Waals surface area contributed by atoms with Crippen molar-refractivity contribution in [2.24, 2.45) is 5.73 Å². The molecule has 0 heterocycles. The van der Waals surface area contributed by atoms with Crippen molar-refractivity contribution in [3.05, 3.63) is 34.1 Å². The molecule has 1 amide bonds. The van der Waals surface area contributed by atoms with Crippen molar-refractivity contribution in [3.8, 4) is 0 Å². The fraction of sp³-hybridized carbons (Fsp3) is 0.364. The number of anilines is 1. The Hall–Kier alpha value is -2.02. The quantitative estimate of drug-likeness (QED) is 0.619. The summed E-state index contributed by atoms with van der Waals surface area (Å²) in [4.78, 5) is 21.1. The maximum Gasteiger partial charge on any atom is 0.304 e. The minimum Gasteiger partial charge on any atom is -0.325 e. The van der Waals surface area contributed by atoms with E-state index in [4.69, 9.17) is 5.73 Å². The standard InChI is InChI=1S/C11H14FN3O3/c1-2-3-9(13)11(16)14-7-4-5-10(15(17)18)8(12)6-7/h4-6,9H,2-3,13H2,1H3,(H,14,16)/t9-/m0/s1. The van der Waals surface area contributed by atoms with Gasteiger partial charge >= 0.3 is 5.69 Å². The van der Waals surface area contributed by atoms with Crippen LogP contribution in [0.5, 0.6) is 0 Å². The van der Waals surface area contributed by atoms with Crippen LogP contribution < -0.4 is 11.1 Å². The van der Waals surface area contributed by atoms with Gasteiger partial charge in [0.1, 0.15) is 0 Å². The van der Waals surface area contributed by atoms with Crippen LogP contribution in [0.3, 0.4) is 0 Å². The van der Waals surface area contributed by atoms with Crippen LogP contribution in [-0.2, 0) is 4.79 Å². The Labute approximate surface area is 103 Å². The van der Waals surface area contributed by atoms with Crippen LogP contribution in [0.2, 0.25) is 0 Å². The molecular formula is C11H14FN3O3. The molecule has 0 radical (unpaired) electrons. The molecule has 6 nitrogen and oxygen atoms in total. The molecule has 0 aliphatic rings. The van der Waals surface area contributed by atoms with Gasteiger partial charge < -0.3 is 11.1 Å². The number of carbonyl (C=O) groups excluding carboxylic acids is 1. The topological polar surface area (TPSA) is 98.3 Å². The maximum atomic E-state index is 13.3. The zero-order chi connectivity index (χ0) is 13.7. The second-order valence-corrected chi connectivity index (χ2v) is 3.81. The first-order valence-electron chi connectivity index (χ1n) is 5.46. The minimum absolute atomic E-state index is 0.148. The number of nitrogens with two attached hydrogens (primary N) is 1. The molecule has 3 N–H and O–H groups in total. The van der Waals surface area contributed by atoms with Crippen molar-refractivity contribution in [3.63, 3.8) is 0 Å². The van der Waals surface area contributed by atoms with Crippen molar-refractivity contribution >= 4 is 17.3 Å². The highest BCUT2D eigenvalue weighted by molar-refractivity contribution is 5.94. The van der Waals surface area contributed by atoms with Crippen LogP contribution in [0.15, 0.2) is 18.2 Å². The van der Waals surface area contributed by atoms with Crippen molar-refractivity contribution in [1.82, 2.24) is 0 Å². The van der Waals surface area contributed by atoms with Crippen molar-refractivity contribution in [2.45, 2.75) is 25.8 Å². The molecule has 0 bridgehead atoms. The average Bonchev–Trinajstić information content (AvgIpc) is 2.28. The van der Waals surface area contributed by atoms with Gasteiger partial charge in [-0.15, -0.1) is 0 Å². The number of nitrogens with one attached hydrogen (secondary N) is 1. The van der Waals surface area contributed by atoms with E-state index in [1.165, 1.54) is 6.07 Å². The van der Waals surface area contributed by atoms with Crippen molar-refractivity contribution in [2.75, 3.05) is 5.32 Å². The molecule has 0 saturated heterocycles. The summed E-state index contributed by atoms with van der Waals surface area (Å²) in [6.45, 7) is 1.89. The molecular weight excluding hydrogens is 241 g/mol. The van der Waals surface area contributed by atoms with E-state index >= 15 is 0 Å². The number of carbonyl (C=O) groups is 1. The van der Waals surface area contributed by atoms with Crippen molar-refractivity contribution in [1.29, 1.82) is 0 Å². The van der Waals surface area contributed by atoms with E-state index in [0.717, 1.165) is 18.6 Å². The van der Waals surface area contributed by atoms with E-state index in [0.29, 0.717) is 6.42 Å². The first kappa shape index (κ1) is 14.0. The van der Waals surface area contributed by atoms with Gasteiger partial charge in [0.2, 0.25) is 11.7 Å². The van der Waals surface area contributed by atoms with E-state index in [1.54, 1.807) is 0 Å². The maximum absolute atomic E-state index is 13.3. The number of hydrogen-bond donors (Lipinski definition) is 2. The molecule has 0 aliphatic heterocycles. The Bertz CT molecular complexity index is 465. The van der Waals surface area contributed by atoms with Crippen LogP contribution in [-0.4, -0.2) is 16.9 Å². The number of halogens is 1. The molecule has 0 aromatic heterocycles. The van der Waals surface area contributed by atoms with Crippen LogP contribution in [0, 0.1) is 15.9 Å². The number of benzene rings is 1. The van der Waals surface area contributed by atoms with E-state index in [2.05, 4.69) is 5.32 Å². The Kier molecular flexibility index (Phi) is 4.73. The lowest BCUT2D eigenvalue weighted by Gasteiger charge is -2.11. The highest BCUT2D eigenvalue weighted by Crippen LogP contribution is 2.20. The Balaban J connectivity index is 2.77. The number of nitro groups is 1. The van der Waals surface area contributed by atoms with E-state index in [1.807, 2.05) is 6.92 Å². The van der Waals surface area contributed by atoms with Gasteiger partial charge in [0.05, 0.1) is 11.0 Å². The third-order valence-electron chi connectivity index (χ3n) is 2.35. The third-order valence-corrected chi connectivity index (χ3v) is 2.35. The predicted molar refractivity (Wildman–Crippen MR) is 64.6 cm³/mol. The van der Waals surface area contributed by atoms with Crippen LogP contribution in [0.1, 0.15) is 19.8 Å². The molecule has 18 heavy (non-hydrogen) atoms. The predicted octanol–water partition coefficient (Wildman–Crippen LogP) is 1.80. The van der Waals surface area contributed by atoms with Gasteiger partial charge in [0, 0.05) is 17.8 Å². The molecule has 1 rings (SSSR count). The lowest BCUT2D eigenvalue weighted by Crippen LogP contribution is -2.35. The second kappa shape index (κ2) is 6.06. The summed E-state index contributed by atoms with van der Waals surface area (Å²) in [5.41, 5.74) is 5.09. The van der Waals surface area contributed by atoms with E-state index in [9.17, 15) is 19.3 Å². The molecule has 1 atom stereocenters. The Morgan fingerprint density at radius 2 is 2.28 bits per heavy atom. The summed E-state index contributed by atoms with van der Waals surface area (Å²) in [7, 11) is 0. The van der Waals surface area contributed by atoms with Crippen LogP contribution >= 0.6 is 0 Å². The SMILES string of the molecule is CCC[C@H](N)C(=O)Nc1ccc([N+](=O)[O-])c(F)c1. The fourth-order valence-corrected chi connectivity index (χ4v) is 1.41.